The summed E-state index contributed by atoms with van der Waals surface area (Å²) in [7, 11) is 0. The molecule has 0 bridgehead atoms. The Kier molecular flexibility index (Phi) is 6.59. The van der Waals surface area contributed by atoms with Crippen LogP contribution < -0.4 is 5.32 Å². The molecule has 126 valence electrons. The van der Waals surface area contributed by atoms with Crippen LogP contribution in [-0.2, 0) is 13.1 Å². The molecule has 0 aromatic carbocycles. The highest BCUT2D eigenvalue weighted by molar-refractivity contribution is 7.99. The molecule has 2 rings (SSSR count). The highest BCUT2D eigenvalue weighted by atomic mass is 32.2. The Labute approximate surface area is 143 Å². The number of nitrogens with zero attached hydrogens (tertiary/aromatic N) is 4. The summed E-state index contributed by atoms with van der Waals surface area (Å²) in [6.45, 7) is 12.4. The van der Waals surface area contributed by atoms with Crippen LogP contribution in [0.1, 0.15) is 55.7 Å². The minimum absolute atomic E-state index is 0.254. The van der Waals surface area contributed by atoms with Gasteiger partial charge in [-0.1, -0.05) is 18.7 Å². The highest BCUT2D eigenvalue weighted by Gasteiger charge is 2.16. The molecule has 23 heavy (non-hydrogen) atoms. The van der Waals surface area contributed by atoms with Crippen molar-refractivity contribution >= 4 is 11.8 Å². The maximum absolute atomic E-state index is 4.59. The molecule has 2 aromatic rings. The highest BCUT2D eigenvalue weighted by Crippen LogP contribution is 2.21. The Morgan fingerprint density at radius 2 is 1.91 bits per heavy atom. The van der Waals surface area contributed by atoms with Gasteiger partial charge >= 0.3 is 0 Å². The monoisotopic (exact) mass is 333 g/mol. The largest absolute Gasteiger partial charge is 0.306 e. The van der Waals surface area contributed by atoms with Crippen molar-refractivity contribution in [1.29, 1.82) is 0 Å². The zero-order chi connectivity index (χ0) is 16.8. The third-order valence-corrected chi connectivity index (χ3v) is 4.98. The fraction of sp³-hybridized carbons (Fsp3) is 0.588. The summed E-state index contributed by atoms with van der Waals surface area (Å²) in [5.74, 6) is 1.06. The Bertz CT molecular complexity index is 621. The van der Waals surface area contributed by atoms with Gasteiger partial charge in [0.25, 0.3) is 0 Å². The molecule has 0 saturated carbocycles. The van der Waals surface area contributed by atoms with Gasteiger partial charge in [-0.2, -0.15) is 5.10 Å². The Balaban J connectivity index is 1.96. The van der Waals surface area contributed by atoms with Crippen LogP contribution in [0.5, 0.6) is 0 Å². The van der Waals surface area contributed by atoms with E-state index >= 15 is 0 Å². The summed E-state index contributed by atoms with van der Waals surface area (Å²) < 4.78 is 2.06. The third-order valence-electron chi connectivity index (χ3n) is 3.90. The lowest BCUT2D eigenvalue weighted by Crippen LogP contribution is -2.19. The van der Waals surface area contributed by atoms with Gasteiger partial charge in [-0.05, 0) is 34.1 Å². The molecular weight excluding hydrogens is 306 g/mol. The van der Waals surface area contributed by atoms with Gasteiger partial charge in [0.15, 0.2) is 5.16 Å². The predicted octanol–water partition coefficient (Wildman–Crippen LogP) is 3.66. The van der Waals surface area contributed by atoms with Crippen LogP contribution in [-0.4, -0.2) is 25.5 Å². The molecule has 1 atom stereocenters. The second kappa shape index (κ2) is 8.45. The van der Waals surface area contributed by atoms with Crippen molar-refractivity contribution in [1.82, 2.24) is 25.1 Å². The summed E-state index contributed by atoms with van der Waals surface area (Å²) >= 11 is 1.71. The average molecular weight is 334 g/mol. The molecule has 6 heteroatoms. The zero-order valence-corrected chi connectivity index (χ0v) is 15.6. The summed E-state index contributed by atoms with van der Waals surface area (Å²) in [5.41, 5.74) is 4.75. The van der Waals surface area contributed by atoms with Gasteiger partial charge in [0.2, 0.25) is 0 Å². The van der Waals surface area contributed by atoms with Crippen LogP contribution in [0.4, 0.5) is 0 Å². The fourth-order valence-electron chi connectivity index (χ4n) is 2.72. The molecule has 0 fully saturated rings. The first kappa shape index (κ1) is 17.9. The summed E-state index contributed by atoms with van der Waals surface area (Å²) in [5, 5.41) is 9.01. The maximum atomic E-state index is 4.59. The maximum Gasteiger partial charge on any atom is 0.187 e. The topological polar surface area (TPSA) is 55.6 Å². The van der Waals surface area contributed by atoms with E-state index in [-0.39, 0.29) is 6.04 Å². The second-order valence-corrected chi connectivity index (χ2v) is 6.79. The molecule has 2 heterocycles. The Morgan fingerprint density at radius 1 is 1.22 bits per heavy atom. The van der Waals surface area contributed by atoms with Crippen molar-refractivity contribution in [3.05, 3.63) is 34.9 Å². The zero-order valence-electron chi connectivity index (χ0n) is 14.8. The quantitative estimate of drug-likeness (QED) is 0.590. The Hall–Kier alpha value is -1.40. The van der Waals surface area contributed by atoms with Crippen LogP contribution in [0, 0.1) is 13.8 Å². The van der Waals surface area contributed by atoms with Gasteiger partial charge in [0.05, 0.1) is 5.69 Å². The number of aromatic nitrogens is 4. The number of hydrogen-bond acceptors (Lipinski definition) is 5. The van der Waals surface area contributed by atoms with E-state index in [2.05, 4.69) is 59.7 Å². The Morgan fingerprint density at radius 3 is 2.48 bits per heavy atom. The van der Waals surface area contributed by atoms with Gasteiger partial charge in [-0.15, -0.1) is 0 Å². The molecular formula is C17H27N5S. The van der Waals surface area contributed by atoms with E-state index in [0.717, 1.165) is 41.7 Å². The molecule has 5 nitrogen and oxygen atoms in total. The average Bonchev–Trinajstić information content (AvgIpc) is 2.85. The summed E-state index contributed by atoms with van der Waals surface area (Å²) in [6, 6.07) is 0.254. The first-order valence-electron chi connectivity index (χ1n) is 8.27. The van der Waals surface area contributed by atoms with Gasteiger partial charge in [-0.3, -0.25) is 4.68 Å². The van der Waals surface area contributed by atoms with Gasteiger partial charge in [0.1, 0.15) is 0 Å². The lowest BCUT2D eigenvalue weighted by atomic mass is 10.1. The van der Waals surface area contributed by atoms with Gasteiger partial charge < -0.3 is 5.32 Å². The van der Waals surface area contributed by atoms with Crippen molar-refractivity contribution in [3.8, 4) is 0 Å². The number of nitrogens with one attached hydrogen (secondary N) is 1. The number of aryl methyl sites for hydroxylation is 2. The van der Waals surface area contributed by atoms with Crippen LogP contribution in [0.2, 0.25) is 0 Å². The van der Waals surface area contributed by atoms with Crippen molar-refractivity contribution in [2.45, 2.75) is 65.3 Å². The SMILES string of the molecule is CCCSc1ncc(CN[C@H](C)c2c(C)nn(CC)c2C)cn1. The lowest BCUT2D eigenvalue weighted by Gasteiger charge is -2.15. The fourth-order valence-corrected chi connectivity index (χ4v) is 3.36. The molecule has 0 radical (unpaired) electrons. The third kappa shape index (κ3) is 4.54. The summed E-state index contributed by atoms with van der Waals surface area (Å²) in [6.07, 6.45) is 4.97. The number of hydrogen-bond donors (Lipinski definition) is 1. The van der Waals surface area contributed by atoms with E-state index in [1.54, 1.807) is 11.8 Å². The van der Waals surface area contributed by atoms with Crippen molar-refractivity contribution in [3.63, 3.8) is 0 Å². The van der Waals surface area contributed by atoms with E-state index in [1.165, 1.54) is 11.3 Å². The summed E-state index contributed by atoms with van der Waals surface area (Å²) in [4.78, 5) is 8.83. The number of rotatable bonds is 8. The normalized spacial score (nSPS) is 12.6. The van der Waals surface area contributed by atoms with E-state index in [4.69, 9.17) is 0 Å². The molecule has 1 N–H and O–H groups in total. The lowest BCUT2D eigenvalue weighted by molar-refractivity contribution is 0.563. The second-order valence-electron chi connectivity index (χ2n) is 5.73. The van der Waals surface area contributed by atoms with Crippen LogP contribution >= 0.6 is 11.8 Å². The van der Waals surface area contributed by atoms with Crippen LogP contribution in [0.15, 0.2) is 17.6 Å². The molecule has 0 aliphatic heterocycles. The molecule has 0 aliphatic rings. The van der Waals surface area contributed by atoms with E-state index in [1.807, 2.05) is 12.4 Å². The van der Waals surface area contributed by atoms with Crippen LogP contribution in [0.3, 0.4) is 0 Å². The minimum atomic E-state index is 0.254. The number of thioether (sulfide) groups is 1. The molecule has 0 spiro atoms. The first-order valence-corrected chi connectivity index (χ1v) is 9.26. The van der Waals surface area contributed by atoms with Crippen LogP contribution in [0.25, 0.3) is 0 Å². The minimum Gasteiger partial charge on any atom is -0.306 e. The van der Waals surface area contributed by atoms with Crippen molar-refractivity contribution in [2.24, 2.45) is 0 Å². The smallest absolute Gasteiger partial charge is 0.187 e. The molecule has 0 saturated heterocycles. The first-order chi connectivity index (χ1) is 11.1. The van der Waals surface area contributed by atoms with E-state index in [9.17, 15) is 0 Å². The van der Waals surface area contributed by atoms with Gasteiger partial charge in [0, 0.05) is 54.1 Å². The van der Waals surface area contributed by atoms with E-state index < -0.39 is 0 Å². The standard InChI is InChI=1S/C17H27N5S/c1-6-8-23-17-19-10-15(11-20-17)9-18-12(3)16-13(4)21-22(7-2)14(16)5/h10-12,18H,6-9H2,1-5H3/t12-/m1/s1. The van der Waals surface area contributed by atoms with Crippen molar-refractivity contribution < 1.29 is 0 Å². The van der Waals surface area contributed by atoms with Gasteiger partial charge in [-0.25, -0.2) is 9.97 Å². The van der Waals surface area contributed by atoms with E-state index in [0.29, 0.717) is 0 Å². The molecule has 0 amide bonds. The predicted molar refractivity (Wildman–Crippen MR) is 95.7 cm³/mol. The molecule has 2 aromatic heterocycles. The molecule has 0 aliphatic carbocycles. The van der Waals surface area contributed by atoms with Crippen molar-refractivity contribution in [2.75, 3.05) is 5.75 Å². The molecule has 0 unspecified atom stereocenters.